The Morgan fingerprint density at radius 3 is 2.74 bits per heavy atom. The van der Waals surface area contributed by atoms with E-state index in [9.17, 15) is 19.5 Å². The Balaban J connectivity index is 2.77. The molecule has 0 saturated carbocycles. The van der Waals surface area contributed by atoms with E-state index in [1.807, 2.05) is 0 Å². The highest BCUT2D eigenvalue weighted by Crippen LogP contribution is 2.07. The molecule has 2 aromatic rings. The molecule has 1 atom stereocenters. The van der Waals surface area contributed by atoms with Gasteiger partial charge in [-0.2, -0.15) is 0 Å². The number of benzene rings is 1. The van der Waals surface area contributed by atoms with Crippen LogP contribution in [0.4, 0.5) is 0 Å². The maximum Gasteiger partial charge on any atom is 0.331 e. The molecule has 19 heavy (non-hydrogen) atoms. The van der Waals surface area contributed by atoms with Crippen molar-refractivity contribution in [1.82, 2.24) is 9.55 Å². The first-order valence-electron chi connectivity index (χ1n) is 5.52. The molecule has 0 bridgehead atoms. The fraction of sp³-hybridized carbons (Fsp3) is 0.250. The minimum absolute atomic E-state index is 0.254. The number of aliphatic hydroxyl groups excluding tert-OH is 1. The zero-order valence-corrected chi connectivity index (χ0v) is 10.1. The Bertz CT molecular complexity index is 731. The van der Waals surface area contributed by atoms with Crippen LogP contribution in [0.1, 0.15) is 6.04 Å². The number of esters is 1. The third kappa shape index (κ3) is 2.15. The summed E-state index contributed by atoms with van der Waals surface area (Å²) in [5.74, 6) is -0.856. The van der Waals surface area contributed by atoms with Gasteiger partial charge in [0.25, 0.3) is 5.56 Å². The molecule has 7 heteroatoms. The highest BCUT2D eigenvalue weighted by molar-refractivity contribution is 5.78. The molecule has 2 rings (SSSR count). The molecule has 0 aliphatic heterocycles. The molecule has 0 saturated heterocycles. The average molecular weight is 264 g/mol. The molecule has 0 aliphatic rings. The topological polar surface area (TPSA) is 101 Å². The zero-order chi connectivity index (χ0) is 14.0. The fourth-order valence-electron chi connectivity index (χ4n) is 1.86. The molecule has 1 aromatic carbocycles. The van der Waals surface area contributed by atoms with Crippen molar-refractivity contribution in [2.75, 3.05) is 13.7 Å². The summed E-state index contributed by atoms with van der Waals surface area (Å²) in [4.78, 5) is 38.0. The Kier molecular flexibility index (Phi) is 3.48. The van der Waals surface area contributed by atoms with Crippen LogP contribution < -0.4 is 11.2 Å². The first kappa shape index (κ1) is 13.0. The maximum atomic E-state index is 12.2. The van der Waals surface area contributed by atoms with Crippen LogP contribution in [0, 0.1) is 0 Å². The second-order valence-corrected chi connectivity index (χ2v) is 3.87. The van der Waals surface area contributed by atoms with Crippen LogP contribution in [0.15, 0.2) is 33.9 Å². The normalized spacial score (nSPS) is 12.3. The van der Waals surface area contributed by atoms with Crippen molar-refractivity contribution >= 4 is 16.9 Å². The monoisotopic (exact) mass is 264 g/mol. The Morgan fingerprint density at radius 1 is 1.42 bits per heavy atom. The molecular formula is C12H12N2O5. The number of nitrogens with zero attached hydrogens (tertiary/aromatic N) is 1. The third-order valence-electron chi connectivity index (χ3n) is 2.79. The number of para-hydroxylation sites is 1. The van der Waals surface area contributed by atoms with E-state index in [1.165, 1.54) is 6.07 Å². The standard InChI is InChI=1S/C12H12N2O5/c1-19-11(17)9(6-15)14-10(16)7-4-2-3-5-8(7)13-12(14)18/h2-5,9,15H,6H2,1H3,(H,13,18). The number of aromatic amines is 1. The van der Waals surface area contributed by atoms with Crippen LogP contribution in [0.2, 0.25) is 0 Å². The molecule has 1 unspecified atom stereocenters. The van der Waals surface area contributed by atoms with E-state index < -0.39 is 29.9 Å². The molecule has 1 aromatic heterocycles. The molecule has 0 aliphatic carbocycles. The SMILES string of the molecule is COC(=O)C(CO)n1c(=O)[nH]c2ccccc2c1=O. The van der Waals surface area contributed by atoms with Gasteiger partial charge in [-0.05, 0) is 12.1 Å². The number of carbonyl (C=O) groups excluding carboxylic acids is 1. The summed E-state index contributed by atoms with van der Waals surface area (Å²) in [6.07, 6.45) is 0. The van der Waals surface area contributed by atoms with Crippen LogP contribution >= 0.6 is 0 Å². The lowest BCUT2D eigenvalue weighted by atomic mass is 10.2. The van der Waals surface area contributed by atoms with Crippen molar-refractivity contribution in [1.29, 1.82) is 0 Å². The fourth-order valence-corrected chi connectivity index (χ4v) is 1.86. The number of carbonyl (C=O) groups is 1. The van der Waals surface area contributed by atoms with Crippen LogP contribution in [0.25, 0.3) is 10.9 Å². The molecule has 0 fully saturated rings. The van der Waals surface area contributed by atoms with Crippen molar-refractivity contribution in [3.8, 4) is 0 Å². The zero-order valence-electron chi connectivity index (χ0n) is 10.1. The number of aliphatic hydroxyl groups is 1. The summed E-state index contributed by atoms with van der Waals surface area (Å²) in [6, 6.07) is 5.06. The van der Waals surface area contributed by atoms with Crippen molar-refractivity contribution in [2.45, 2.75) is 6.04 Å². The number of methoxy groups -OCH3 is 1. The first-order chi connectivity index (χ1) is 9.10. The van der Waals surface area contributed by atoms with E-state index in [0.717, 1.165) is 7.11 Å². The van der Waals surface area contributed by atoms with Gasteiger partial charge in [-0.3, -0.25) is 4.79 Å². The molecular weight excluding hydrogens is 252 g/mol. The maximum absolute atomic E-state index is 12.2. The van der Waals surface area contributed by atoms with Crippen molar-refractivity contribution in [3.63, 3.8) is 0 Å². The number of rotatable bonds is 3. The van der Waals surface area contributed by atoms with Crippen LogP contribution in [0.3, 0.4) is 0 Å². The number of hydrogen-bond donors (Lipinski definition) is 2. The summed E-state index contributed by atoms with van der Waals surface area (Å²) in [5.41, 5.74) is -1.05. The number of fused-ring (bicyclic) bond motifs is 1. The molecule has 0 radical (unpaired) electrons. The van der Waals surface area contributed by atoms with Gasteiger partial charge in [-0.1, -0.05) is 12.1 Å². The van der Waals surface area contributed by atoms with Crippen molar-refractivity contribution < 1.29 is 14.6 Å². The minimum Gasteiger partial charge on any atom is -0.467 e. The van der Waals surface area contributed by atoms with Gasteiger partial charge in [-0.25, -0.2) is 14.2 Å². The predicted molar refractivity (Wildman–Crippen MR) is 67.0 cm³/mol. The van der Waals surface area contributed by atoms with Gasteiger partial charge in [0.1, 0.15) is 0 Å². The highest BCUT2D eigenvalue weighted by atomic mass is 16.5. The summed E-state index contributed by atoms with van der Waals surface area (Å²) in [5, 5.41) is 9.44. The summed E-state index contributed by atoms with van der Waals surface area (Å²) in [7, 11) is 1.12. The molecule has 100 valence electrons. The molecule has 1 heterocycles. The smallest absolute Gasteiger partial charge is 0.331 e. The van der Waals surface area contributed by atoms with E-state index in [2.05, 4.69) is 9.72 Å². The Hall–Kier alpha value is -2.41. The quantitative estimate of drug-likeness (QED) is 0.720. The van der Waals surface area contributed by atoms with Gasteiger partial charge in [-0.15, -0.1) is 0 Å². The number of aromatic nitrogens is 2. The predicted octanol–water partition coefficient (Wildman–Crippen LogP) is -0.604. The molecule has 0 spiro atoms. The number of hydrogen-bond acceptors (Lipinski definition) is 5. The van der Waals surface area contributed by atoms with Gasteiger partial charge in [0.15, 0.2) is 6.04 Å². The van der Waals surface area contributed by atoms with Gasteiger partial charge in [0.05, 0.1) is 24.6 Å². The van der Waals surface area contributed by atoms with Gasteiger partial charge < -0.3 is 14.8 Å². The number of nitrogens with one attached hydrogen (secondary N) is 1. The lowest BCUT2D eigenvalue weighted by Gasteiger charge is -2.14. The molecule has 7 nitrogen and oxygen atoms in total. The van der Waals surface area contributed by atoms with Crippen LogP contribution in [-0.4, -0.2) is 34.3 Å². The lowest BCUT2D eigenvalue weighted by Crippen LogP contribution is -2.42. The second kappa shape index (κ2) is 5.07. The highest BCUT2D eigenvalue weighted by Gasteiger charge is 2.24. The van der Waals surface area contributed by atoms with Gasteiger partial charge in [0, 0.05) is 0 Å². The Morgan fingerprint density at radius 2 is 2.11 bits per heavy atom. The molecule has 2 N–H and O–H groups in total. The molecule has 0 amide bonds. The summed E-state index contributed by atoms with van der Waals surface area (Å²) in [6.45, 7) is -0.700. The minimum atomic E-state index is -1.36. The lowest BCUT2D eigenvalue weighted by molar-refractivity contribution is -0.146. The van der Waals surface area contributed by atoms with E-state index in [0.29, 0.717) is 10.1 Å². The van der Waals surface area contributed by atoms with E-state index in [-0.39, 0.29) is 5.39 Å². The number of H-pyrrole nitrogens is 1. The van der Waals surface area contributed by atoms with E-state index in [1.54, 1.807) is 18.2 Å². The van der Waals surface area contributed by atoms with Gasteiger partial charge >= 0.3 is 11.7 Å². The summed E-state index contributed by atoms with van der Waals surface area (Å²) >= 11 is 0. The van der Waals surface area contributed by atoms with E-state index >= 15 is 0 Å². The largest absolute Gasteiger partial charge is 0.467 e. The van der Waals surface area contributed by atoms with E-state index in [4.69, 9.17) is 0 Å². The summed E-state index contributed by atoms with van der Waals surface area (Å²) < 4.78 is 5.13. The Labute approximate surface area is 107 Å². The average Bonchev–Trinajstić information content (AvgIpc) is 2.42. The van der Waals surface area contributed by atoms with Gasteiger partial charge in [0.2, 0.25) is 0 Å². The second-order valence-electron chi connectivity index (χ2n) is 3.87. The van der Waals surface area contributed by atoms with Crippen LogP contribution in [-0.2, 0) is 9.53 Å². The first-order valence-corrected chi connectivity index (χ1v) is 5.52. The van der Waals surface area contributed by atoms with Crippen molar-refractivity contribution in [3.05, 3.63) is 45.1 Å². The number of ether oxygens (including phenoxy) is 1. The third-order valence-corrected chi connectivity index (χ3v) is 2.79. The van der Waals surface area contributed by atoms with Crippen LogP contribution in [0.5, 0.6) is 0 Å². The van der Waals surface area contributed by atoms with Crippen molar-refractivity contribution in [2.24, 2.45) is 0 Å².